The lowest BCUT2D eigenvalue weighted by Gasteiger charge is -2.05. The Labute approximate surface area is 163 Å². The van der Waals surface area contributed by atoms with E-state index in [1.807, 2.05) is 13.0 Å². The molecule has 8 nitrogen and oxygen atoms in total. The number of carbonyl (C=O) groups excluding carboxylic acids is 1. The van der Waals surface area contributed by atoms with E-state index < -0.39 is 4.92 Å². The summed E-state index contributed by atoms with van der Waals surface area (Å²) in [5.74, 6) is -0.0517. The molecule has 0 aliphatic heterocycles. The summed E-state index contributed by atoms with van der Waals surface area (Å²) in [6.45, 7) is 1.87. The van der Waals surface area contributed by atoms with Gasteiger partial charge in [-0.2, -0.15) is 0 Å². The number of thioether (sulfide) groups is 1. The van der Waals surface area contributed by atoms with Gasteiger partial charge in [-0.15, -0.1) is 10.2 Å². The predicted octanol–water partition coefficient (Wildman–Crippen LogP) is 4.34. The average Bonchev–Trinajstić information content (AvgIpc) is 3.12. The second kappa shape index (κ2) is 8.19. The topological polar surface area (TPSA) is 111 Å². The Balaban J connectivity index is 1.60. The molecular weight excluding hydrogens is 392 g/mol. The van der Waals surface area contributed by atoms with E-state index >= 15 is 0 Å². The number of rotatable bonds is 6. The molecule has 2 aromatic carbocycles. The van der Waals surface area contributed by atoms with Crippen LogP contribution in [-0.4, -0.2) is 26.8 Å². The number of nitro groups is 1. The fourth-order valence-electron chi connectivity index (χ4n) is 2.13. The first-order chi connectivity index (χ1) is 12.9. The maximum absolute atomic E-state index is 12.0. The third-order valence-electron chi connectivity index (χ3n) is 3.49. The van der Waals surface area contributed by atoms with Crippen LogP contribution in [0.1, 0.15) is 5.56 Å². The molecule has 138 valence electrons. The SMILES string of the molecule is Cc1ccc(NC(=O)CSc2nnc(-c3cccc([N+](=O)[O-])c3)o2)cc1Cl. The van der Waals surface area contributed by atoms with Crippen molar-refractivity contribution in [2.45, 2.75) is 12.1 Å². The molecule has 0 fully saturated rings. The molecule has 0 aliphatic rings. The number of aromatic nitrogens is 2. The second-order valence-electron chi connectivity index (χ2n) is 5.48. The Morgan fingerprint density at radius 1 is 1.30 bits per heavy atom. The highest BCUT2D eigenvalue weighted by atomic mass is 35.5. The van der Waals surface area contributed by atoms with Gasteiger partial charge < -0.3 is 9.73 Å². The third-order valence-corrected chi connectivity index (χ3v) is 4.72. The number of non-ortho nitro benzene ring substituents is 1. The zero-order valence-corrected chi connectivity index (χ0v) is 15.6. The number of anilines is 1. The first-order valence-electron chi connectivity index (χ1n) is 7.69. The summed E-state index contributed by atoms with van der Waals surface area (Å²) in [4.78, 5) is 22.4. The first-order valence-corrected chi connectivity index (χ1v) is 9.06. The van der Waals surface area contributed by atoms with Gasteiger partial charge in [0.15, 0.2) is 0 Å². The van der Waals surface area contributed by atoms with Crippen LogP contribution in [0.5, 0.6) is 0 Å². The lowest BCUT2D eigenvalue weighted by Crippen LogP contribution is -2.14. The largest absolute Gasteiger partial charge is 0.411 e. The van der Waals surface area contributed by atoms with Gasteiger partial charge >= 0.3 is 0 Å². The van der Waals surface area contributed by atoms with Crippen molar-refractivity contribution in [3.8, 4) is 11.5 Å². The molecule has 0 spiro atoms. The molecule has 0 saturated heterocycles. The van der Waals surface area contributed by atoms with Gasteiger partial charge in [0.1, 0.15) is 0 Å². The van der Waals surface area contributed by atoms with E-state index in [2.05, 4.69) is 15.5 Å². The Hall–Kier alpha value is -2.91. The normalized spacial score (nSPS) is 10.6. The maximum atomic E-state index is 12.0. The van der Waals surface area contributed by atoms with Crippen LogP contribution in [0.15, 0.2) is 52.1 Å². The van der Waals surface area contributed by atoms with Crippen LogP contribution in [0.2, 0.25) is 5.02 Å². The number of nitrogens with one attached hydrogen (secondary N) is 1. The molecule has 0 bridgehead atoms. The molecule has 10 heteroatoms. The Kier molecular flexibility index (Phi) is 5.72. The summed E-state index contributed by atoms with van der Waals surface area (Å²) in [5, 5.41) is 22.0. The molecule has 0 saturated carbocycles. The van der Waals surface area contributed by atoms with E-state index in [1.54, 1.807) is 18.2 Å². The molecule has 0 radical (unpaired) electrons. The van der Waals surface area contributed by atoms with Crippen molar-refractivity contribution in [3.05, 3.63) is 63.2 Å². The molecule has 3 rings (SSSR count). The van der Waals surface area contributed by atoms with Crippen molar-refractivity contribution in [2.75, 3.05) is 11.1 Å². The number of hydrogen-bond donors (Lipinski definition) is 1. The highest BCUT2D eigenvalue weighted by Gasteiger charge is 2.14. The fraction of sp³-hybridized carbons (Fsp3) is 0.118. The minimum Gasteiger partial charge on any atom is -0.411 e. The highest BCUT2D eigenvalue weighted by molar-refractivity contribution is 7.99. The molecular formula is C17H13ClN4O4S. The lowest BCUT2D eigenvalue weighted by atomic mass is 10.2. The Morgan fingerprint density at radius 3 is 2.85 bits per heavy atom. The second-order valence-corrected chi connectivity index (χ2v) is 6.82. The quantitative estimate of drug-likeness (QED) is 0.369. The Bertz CT molecular complexity index is 1010. The molecule has 1 N–H and O–H groups in total. The highest BCUT2D eigenvalue weighted by Crippen LogP contribution is 2.26. The van der Waals surface area contributed by atoms with E-state index in [0.717, 1.165) is 17.3 Å². The molecule has 0 atom stereocenters. The molecule has 1 aromatic heterocycles. The van der Waals surface area contributed by atoms with Crippen molar-refractivity contribution in [2.24, 2.45) is 0 Å². The van der Waals surface area contributed by atoms with E-state index in [-0.39, 0.29) is 28.5 Å². The van der Waals surface area contributed by atoms with Gasteiger partial charge in [0, 0.05) is 28.4 Å². The zero-order chi connectivity index (χ0) is 19.4. The standard InChI is InChI=1S/C17H13ClN4O4S/c1-10-5-6-12(8-14(10)18)19-15(23)9-27-17-21-20-16(26-17)11-3-2-4-13(7-11)22(24)25/h2-8H,9H2,1H3,(H,19,23). The average molecular weight is 405 g/mol. The molecule has 3 aromatic rings. The fourth-order valence-corrected chi connectivity index (χ4v) is 2.88. The monoisotopic (exact) mass is 404 g/mol. The number of amides is 1. The molecule has 1 heterocycles. The minimum absolute atomic E-state index is 0.0576. The summed E-state index contributed by atoms with van der Waals surface area (Å²) < 4.78 is 5.46. The summed E-state index contributed by atoms with van der Waals surface area (Å²) in [7, 11) is 0. The summed E-state index contributed by atoms with van der Waals surface area (Å²) >= 11 is 7.09. The van der Waals surface area contributed by atoms with Crippen LogP contribution in [0.3, 0.4) is 0 Å². The van der Waals surface area contributed by atoms with E-state index in [9.17, 15) is 14.9 Å². The Morgan fingerprint density at radius 2 is 2.11 bits per heavy atom. The van der Waals surface area contributed by atoms with Crippen LogP contribution in [-0.2, 0) is 4.79 Å². The number of nitro benzene ring substituents is 1. The van der Waals surface area contributed by atoms with Gasteiger partial charge in [0.05, 0.1) is 10.7 Å². The van der Waals surface area contributed by atoms with Crippen molar-refractivity contribution < 1.29 is 14.1 Å². The number of nitrogens with zero attached hydrogens (tertiary/aromatic N) is 3. The number of aryl methyl sites for hydroxylation is 1. The van der Waals surface area contributed by atoms with E-state index in [1.165, 1.54) is 18.2 Å². The van der Waals surface area contributed by atoms with Crippen LogP contribution >= 0.6 is 23.4 Å². The van der Waals surface area contributed by atoms with Crippen molar-refractivity contribution in [1.82, 2.24) is 10.2 Å². The molecule has 0 unspecified atom stereocenters. The summed E-state index contributed by atoms with van der Waals surface area (Å²) in [5.41, 5.74) is 1.88. The summed E-state index contributed by atoms with van der Waals surface area (Å²) in [6.07, 6.45) is 0. The number of carbonyl (C=O) groups is 1. The predicted molar refractivity (Wildman–Crippen MR) is 102 cm³/mol. The van der Waals surface area contributed by atoms with Gasteiger partial charge in [-0.3, -0.25) is 14.9 Å². The molecule has 1 amide bonds. The van der Waals surface area contributed by atoms with Gasteiger partial charge in [0.2, 0.25) is 11.8 Å². The first kappa shape index (κ1) is 18.9. The maximum Gasteiger partial charge on any atom is 0.277 e. The lowest BCUT2D eigenvalue weighted by molar-refractivity contribution is -0.384. The van der Waals surface area contributed by atoms with Crippen LogP contribution in [0.25, 0.3) is 11.5 Å². The van der Waals surface area contributed by atoms with Gasteiger partial charge in [0.25, 0.3) is 10.9 Å². The van der Waals surface area contributed by atoms with E-state index in [4.69, 9.17) is 16.0 Å². The van der Waals surface area contributed by atoms with Crippen LogP contribution in [0, 0.1) is 17.0 Å². The smallest absolute Gasteiger partial charge is 0.277 e. The van der Waals surface area contributed by atoms with Crippen LogP contribution < -0.4 is 5.32 Å². The third kappa shape index (κ3) is 4.83. The number of benzene rings is 2. The van der Waals surface area contributed by atoms with Crippen molar-refractivity contribution in [1.29, 1.82) is 0 Å². The molecule has 27 heavy (non-hydrogen) atoms. The number of hydrogen-bond acceptors (Lipinski definition) is 7. The van der Waals surface area contributed by atoms with Crippen molar-refractivity contribution >= 4 is 40.6 Å². The van der Waals surface area contributed by atoms with Gasteiger partial charge in [-0.25, -0.2) is 0 Å². The zero-order valence-electron chi connectivity index (χ0n) is 14.0. The summed E-state index contributed by atoms with van der Waals surface area (Å²) in [6, 6.07) is 11.1. The molecule has 0 aliphatic carbocycles. The van der Waals surface area contributed by atoms with E-state index in [0.29, 0.717) is 16.3 Å². The number of halogens is 1. The van der Waals surface area contributed by atoms with Crippen LogP contribution in [0.4, 0.5) is 11.4 Å². The van der Waals surface area contributed by atoms with Gasteiger partial charge in [-0.05, 0) is 30.7 Å². The van der Waals surface area contributed by atoms with Gasteiger partial charge in [-0.1, -0.05) is 35.5 Å². The van der Waals surface area contributed by atoms with Crippen molar-refractivity contribution in [3.63, 3.8) is 0 Å². The minimum atomic E-state index is -0.503.